The largest absolute Gasteiger partial charge is 0.381 e. The summed E-state index contributed by atoms with van der Waals surface area (Å²) in [7, 11) is 0. The van der Waals surface area contributed by atoms with Crippen LogP contribution in [-0.2, 0) is 12.1 Å². The van der Waals surface area contributed by atoms with Gasteiger partial charge in [-0.2, -0.15) is 10.2 Å². The Morgan fingerprint density at radius 3 is 2.32 bits per heavy atom. The van der Waals surface area contributed by atoms with Gasteiger partial charge in [-0.1, -0.05) is 23.7 Å². The molecule has 0 bridgehead atoms. The van der Waals surface area contributed by atoms with Crippen molar-refractivity contribution in [1.29, 1.82) is 0 Å². The second kappa shape index (κ2) is 11.9. The second-order valence-corrected chi connectivity index (χ2v) is 11.4. The van der Waals surface area contributed by atoms with Gasteiger partial charge in [0.05, 0.1) is 18.3 Å². The minimum absolute atomic E-state index is 0.196. The Morgan fingerprint density at radius 1 is 0.932 bits per heavy atom. The van der Waals surface area contributed by atoms with E-state index in [1.165, 1.54) is 33.8 Å². The molecule has 0 saturated carbocycles. The van der Waals surface area contributed by atoms with Crippen LogP contribution in [-0.4, -0.2) is 60.4 Å². The molecule has 1 N–H and O–H groups in total. The minimum Gasteiger partial charge on any atom is -0.381 e. The second-order valence-electron chi connectivity index (χ2n) is 11.0. The average molecular weight is 621 g/mol. The molecule has 0 amide bonds. The molecule has 0 aliphatic carbocycles. The Bertz CT molecular complexity index is 1820. The zero-order valence-corrected chi connectivity index (χ0v) is 24.9. The highest BCUT2D eigenvalue weighted by Gasteiger charge is 2.42. The molecule has 228 valence electrons. The number of rotatable bonds is 8. The van der Waals surface area contributed by atoms with Crippen molar-refractivity contribution in [3.63, 3.8) is 0 Å². The molecule has 0 spiro atoms. The van der Waals surface area contributed by atoms with Crippen molar-refractivity contribution >= 4 is 23.0 Å². The molecular weight excluding hydrogens is 590 g/mol. The van der Waals surface area contributed by atoms with Gasteiger partial charge in [0.1, 0.15) is 36.2 Å². The van der Waals surface area contributed by atoms with Crippen LogP contribution in [0.25, 0.3) is 5.69 Å². The summed E-state index contributed by atoms with van der Waals surface area (Å²) in [6.45, 7) is 6.72. The number of anilines is 2. The Hall–Kier alpha value is -4.55. The van der Waals surface area contributed by atoms with Crippen molar-refractivity contribution < 1.29 is 13.9 Å². The molecule has 5 aromatic rings. The van der Waals surface area contributed by atoms with Crippen LogP contribution in [0.5, 0.6) is 0 Å². The molecule has 44 heavy (non-hydrogen) atoms. The SMILES string of the molecule is Cc1ccc(Cl)cc1N1CCN(c2ccc(-n3cnn([C@H](C)[C@](O)(Cn4cncn4)c4ccc(F)cc4F)c3=O)cc2)CC1. The van der Waals surface area contributed by atoms with Crippen LogP contribution in [0.2, 0.25) is 5.02 Å². The highest BCUT2D eigenvalue weighted by molar-refractivity contribution is 6.30. The fraction of sp³-hybridized carbons (Fsp3) is 0.290. The predicted octanol–water partition coefficient (Wildman–Crippen LogP) is 4.34. The molecule has 1 fully saturated rings. The first-order chi connectivity index (χ1) is 21.1. The molecule has 10 nitrogen and oxygen atoms in total. The van der Waals surface area contributed by atoms with Gasteiger partial charge in [-0.25, -0.2) is 32.5 Å². The van der Waals surface area contributed by atoms with Gasteiger partial charge < -0.3 is 14.9 Å². The average Bonchev–Trinajstić information content (AvgIpc) is 3.67. The maximum absolute atomic E-state index is 15.0. The van der Waals surface area contributed by atoms with E-state index in [0.29, 0.717) is 11.8 Å². The third-order valence-corrected chi connectivity index (χ3v) is 8.54. The van der Waals surface area contributed by atoms with E-state index in [0.717, 1.165) is 59.4 Å². The molecule has 1 saturated heterocycles. The lowest BCUT2D eigenvalue weighted by molar-refractivity contribution is -0.0381. The molecule has 3 heterocycles. The highest BCUT2D eigenvalue weighted by Crippen LogP contribution is 2.36. The summed E-state index contributed by atoms with van der Waals surface area (Å²) in [6, 6.07) is 15.4. The summed E-state index contributed by atoms with van der Waals surface area (Å²) in [4.78, 5) is 22.1. The van der Waals surface area contributed by atoms with Crippen LogP contribution in [0.4, 0.5) is 20.2 Å². The van der Waals surface area contributed by atoms with E-state index in [1.54, 1.807) is 6.92 Å². The van der Waals surface area contributed by atoms with Crippen LogP contribution in [0.3, 0.4) is 0 Å². The first-order valence-corrected chi connectivity index (χ1v) is 14.5. The normalized spacial score (nSPS) is 15.8. The number of piperazine rings is 1. The molecule has 3 aromatic carbocycles. The van der Waals surface area contributed by atoms with Crippen LogP contribution in [0, 0.1) is 18.6 Å². The van der Waals surface area contributed by atoms with Crippen molar-refractivity contribution in [1.82, 2.24) is 29.1 Å². The van der Waals surface area contributed by atoms with Gasteiger partial charge in [-0.05, 0) is 61.9 Å². The van der Waals surface area contributed by atoms with Crippen molar-refractivity contribution in [2.45, 2.75) is 32.0 Å². The van der Waals surface area contributed by atoms with E-state index in [4.69, 9.17) is 11.6 Å². The fourth-order valence-corrected chi connectivity index (χ4v) is 5.92. The number of aliphatic hydroxyl groups is 1. The number of aryl methyl sites for hydroxylation is 1. The molecule has 0 unspecified atom stereocenters. The maximum atomic E-state index is 15.0. The standard InChI is InChI=1S/C31H31ClF2N8O2/c1-21-3-4-23(32)15-29(21)39-13-11-38(12-14-39)25-6-8-26(9-7-25)41-20-37-42(30(41)43)22(2)31(44,17-40-19-35-18-36-40)27-10-5-24(33)16-28(27)34/h3-10,15-16,18-20,22,44H,11-14,17H2,1-2H3/t22-,31-/m1/s1. The molecule has 1 aliphatic rings. The lowest BCUT2D eigenvalue weighted by Gasteiger charge is -2.38. The van der Waals surface area contributed by atoms with Crippen molar-refractivity contribution in [3.8, 4) is 5.69 Å². The predicted molar refractivity (Wildman–Crippen MR) is 163 cm³/mol. The number of nitrogens with zero attached hydrogens (tertiary/aromatic N) is 8. The number of aromatic nitrogens is 6. The maximum Gasteiger partial charge on any atom is 0.350 e. The Labute approximate surface area is 257 Å². The van der Waals surface area contributed by atoms with Gasteiger partial charge in [-0.3, -0.25) is 0 Å². The summed E-state index contributed by atoms with van der Waals surface area (Å²) >= 11 is 6.23. The Kier molecular flexibility index (Phi) is 7.95. The first kappa shape index (κ1) is 29.5. The van der Waals surface area contributed by atoms with Crippen LogP contribution in [0.15, 0.2) is 84.4 Å². The lowest BCUT2D eigenvalue weighted by atomic mass is 9.86. The van der Waals surface area contributed by atoms with Gasteiger partial charge in [0.25, 0.3) is 0 Å². The van der Waals surface area contributed by atoms with E-state index in [9.17, 15) is 18.7 Å². The molecule has 2 aromatic heterocycles. The van der Waals surface area contributed by atoms with E-state index < -0.39 is 29.0 Å². The lowest BCUT2D eigenvalue weighted by Crippen LogP contribution is -2.46. The smallest absolute Gasteiger partial charge is 0.350 e. The highest BCUT2D eigenvalue weighted by atomic mass is 35.5. The number of hydrogen-bond acceptors (Lipinski definition) is 7. The van der Waals surface area contributed by atoms with Gasteiger partial charge in [0.2, 0.25) is 0 Å². The zero-order valence-electron chi connectivity index (χ0n) is 24.2. The molecule has 0 radical (unpaired) electrons. The van der Waals surface area contributed by atoms with Crippen LogP contribution >= 0.6 is 11.6 Å². The topological polar surface area (TPSA) is 97.2 Å². The number of halogens is 3. The van der Waals surface area contributed by atoms with E-state index in [1.807, 2.05) is 42.5 Å². The monoisotopic (exact) mass is 620 g/mol. The van der Waals surface area contributed by atoms with E-state index in [-0.39, 0.29) is 12.1 Å². The quantitative estimate of drug-likeness (QED) is 0.276. The van der Waals surface area contributed by atoms with Crippen LogP contribution in [0.1, 0.15) is 24.1 Å². The van der Waals surface area contributed by atoms with E-state index >= 15 is 0 Å². The van der Waals surface area contributed by atoms with Gasteiger partial charge in [-0.15, -0.1) is 0 Å². The molecule has 13 heteroatoms. The Balaban J connectivity index is 1.22. The molecule has 2 atom stereocenters. The molecular formula is C31H31ClF2N8O2. The molecule has 1 aliphatic heterocycles. The molecule has 6 rings (SSSR count). The summed E-state index contributed by atoms with van der Waals surface area (Å²) < 4.78 is 32.5. The zero-order chi connectivity index (χ0) is 31.0. The number of benzene rings is 3. The van der Waals surface area contributed by atoms with Gasteiger partial charge in [0, 0.05) is 54.2 Å². The van der Waals surface area contributed by atoms with E-state index in [2.05, 4.69) is 31.9 Å². The van der Waals surface area contributed by atoms with Gasteiger partial charge in [0.15, 0.2) is 0 Å². The fourth-order valence-electron chi connectivity index (χ4n) is 5.76. The van der Waals surface area contributed by atoms with Crippen molar-refractivity contribution in [2.75, 3.05) is 36.0 Å². The third kappa shape index (κ3) is 5.58. The first-order valence-electron chi connectivity index (χ1n) is 14.2. The Morgan fingerprint density at radius 2 is 1.64 bits per heavy atom. The minimum atomic E-state index is -2.02. The van der Waals surface area contributed by atoms with Crippen molar-refractivity contribution in [2.24, 2.45) is 0 Å². The van der Waals surface area contributed by atoms with Crippen molar-refractivity contribution in [3.05, 3.63) is 118 Å². The van der Waals surface area contributed by atoms with Crippen LogP contribution < -0.4 is 15.5 Å². The summed E-state index contributed by atoms with van der Waals surface area (Å²) in [5.41, 5.74) is 1.19. The third-order valence-electron chi connectivity index (χ3n) is 8.30. The summed E-state index contributed by atoms with van der Waals surface area (Å²) in [5, 5.41) is 20.9. The summed E-state index contributed by atoms with van der Waals surface area (Å²) in [5.74, 6) is -1.74. The van der Waals surface area contributed by atoms with Gasteiger partial charge >= 0.3 is 5.69 Å². The number of hydrogen-bond donors (Lipinski definition) is 1. The summed E-state index contributed by atoms with van der Waals surface area (Å²) in [6.07, 6.45) is 3.99.